The predicted molar refractivity (Wildman–Crippen MR) is 119 cm³/mol. The van der Waals surface area contributed by atoms with Gasteiger partial charge in [0.2, 0.25) is 11.8 Å². The van der Waals surface area contributed by atoms with Gasteiger partial charge in [-0.3, -0.25) is 9.59 Å². The Morgan fingerprint density at radius 3 is 2.46 bits per heavy atom. The summed E-state index contributed by atoms with van der Waals surface area (Å²) in [5.41, 5.74) is 1.97. The van der Waals surface area contributed by atoms with Gasteiger partial charge in [-0.2, -0.15) is 0 Å². The number of hydrogen-bond donors (Lipinski definition) is 3. The molecule has 0 radical (unpaired) electrons. The highest BCUT2D eigenvalue weighted by atomic mass is 35.5. The molecule has 8 heteroatoms. The lowest BCUT2D eigenvalue weighted by atomic mass is 9.88. The molecule has 1 aromatic rings. The fourth-order valence-electron chi connectivity index (χ4n) is 3.55. The minimum absolute atomic E-state index is 0. The monoisotopic (exact) mass is 430 g/mol. The molecule has 0 bridgehead atoms. The van der Waals surface area contributed by atoms with Crippen molar-refractivity contribution in [3.8, 4) is 0 Å². The van der Waals surface area contributed by atoms with Crippen molar-refractivity contribution in [1.82, 2.24) is 10.6 Å². The fourth-order valence-corrected chi connectivity index (χ4v) is 3.55. The smallest absolute Gasteiger partial charge is 0.226 e. The summed E-state index contributed by atoms with van der Waals surface area (Å²) in [5.74, 6) is 0.352. The fraction of sp³-hybridized carbons (Fsp3) is 0.600. The Labute approximate surface area is 180 Å². The van der Waals surface area contributed by atoms with Crippen LogP contribution in [0.5, 0.6) is 0 Å². The van der Waals surface area contributed by atoms with E-state index in [4.69, 9.17) is 0 Å². The Balaban J connectivity index is 0.00000196. The molecule has 28 heavy (non-hydrogen) atoms. The largest absolute Gasteiger partial charge is 0.371 e. The number of amides is 2. The maximum Gasteiger partial charge on any atom is 0.226 e. The van der Waals surface area contributed by atoms with E-state index >= 15 is 0 Å². The second-order valence-electron chi connectivity index (χ2n) is 7.61. The van der Waals surface area contributed by atoms with Crippen molar-refractivity contribution in [3.05, 3.63) is 24.3 Å². The van der Waals surface area contributed by atoms with Crippen molar-refractivity contribution in [1.29, 1.82) is 0 Å². The third kappa shape index (κ3) is 6.54. The van der Waals surface area contributed by atoms with E-state index in [-0.39, 0.29) is 55.0 Å². The number of carbonyl (C=O) groups is 2. The van der Waals surface area contributed by atoms with Crippen molar-refractivity contribution >= 4 is 48.0 Å². The summed E-state index contributed by atoms with van der Waals surface area (Å²) in [6, 6.07) is 7.81. The van der Waals surface area contributed by atoms with Crippen LogP contribution in [0.4, 0.5) is 11.4 Å². The molecular formula is C20H32Cl2N4O2. The standard InChI is InChI=1S/C20H30N4O2.2ClH/c1-14(22-20(26)15(2)16-12-21-13-16)10-19(25)23-17-6-5-7-18(11-17)24-8-3-4-9-24;;/h5-7,11,14-16,21H,3-4,8-10,12-13H2,1-2H3,(H,22,26)(H,23,25);2*1H. The summed E-state index contributed by atoms with van der Waals surface area (Å²) in [6.45, 7) is 7.79. The molecule has 3 rings (SSSR count). The Hall–Kier alpha value is -1.50. The van der Waals surface area contributed by atoms with Gasteiger partial charge in [-0.15, -0.1) is 24.8 Å². The molecule has 0 aliphatic carbocycles. The highest BCUT2D eigenvalue weighted by Crippen LogP contribution is 2.23. The Morgan fingerprint density at radius 1 is 1.18 bits per heavy atom. The predicted octanol–water partition coefficient (Wildman–Crippen LogP) is 2.82. The lowest BCUT2D eigenvalue weighted by molar-refractivity contribution is -0.127. The Bertz CT molecular complexity index is 649. The van der Waals surface area contributed by atoms with Crippen molar-refractivity contribution < 1.29 is 9.59 Å². The first-order chi connectivity index (χ1) is 12.5. The van der Waals surface area contributed by atoms with Crippen LogP contribution in [-0.2, 0) is 9.59 Å². The lowest BCUT2D eigenvalue weighted by Gasteiger charge is -2.32. The Morgan fingerprint density at radius 2 is 1.86 bits per heavy atom. The maximum atomic E-state index is 12.3. The van der Waals surface area contributed by atoms with Crippen LogP contribution >= 0.6 is 24.8 Å². The quantitative estimate of drug-likeness (QED) is 0.621. The van der Waals surface area contributed by atoms with Gasteiger partial charge < -0.3 is 20.9 Å². The topological polar surface area (TPSA) is 73.5 Å². The molecule has 2 heterocycles. The van der Waals surface area contributed by atoms with Gasteiger partial charge in [0.05, 0.1) is 0 Å². The van der Waals surface area contributed by atoms with Crippen LogP contribution in [-0.4, -0.2) is 44.0 Å². The van der Waals surface area contributed by atoms with Crippen LogP contribution in [0, 0.1) is 11.8 Å². The Kier molecular flexibility index (Phi) is 10.1. The zero-order valence-electron chi connectivity index (χ0n) is 16.6. The lowest BCUT2D eigenvalue weighted by Crippen LogP contribution is -2.50. The molecule has 3 N–H and O–H groups in total. The second-order valence-corrected chi connectivity index (χ2v) is 7.61. The van der Waals surface area contributed by atoms with E-state index in [9.17, 15) is 9.59 Å². The van der Waals surface area contributed by atoms with E-state index < -0.39 is 0 Å². The molecule has 0 spiro atoms. The van der Waals surface area contributed by atoms with E-state index in [1.54, 1.807) is 0 Å². The van der Waals surface area contributed by atoms with E-state index in [2.05, 4.69) is 26.9 Å². The molecule has 2 amide bonds. The number of benzene rings is 1. The van der Waals surface area contributed by atoms with Gasteiger partial charge in [-0.05, 0) is 57.0 Å². The van der Waals surface area contributed by atoms with Crippen LogP contribution in [0.15, 0.2) is 24.3 Å². The van der Waals surface area contributed by atoms with Gasteiger partial charge in [0, 0.05) is 42.8 Å². The van der Waals surface area contributed by atoms with E-state index in [1.807, 2.05) is 32.0 Å². The molecule has 2 aliphatic rings. The van der Waals surface area contributed by atoms with Gasteiger partial charge in [0.1, 0.15) is 0 Å². The van der Waals surface area contributed by atoms with E-state index in [0.29, 0.717) is 5.92 Å². The molecule has 2 atom stereocenters. The molecular weight excluding hydrogens is 399 g/mol. The first kappa shape index (κ1) is 24.5. The van der Waals surface area contributed by atoms with Gasteiger partial charge in [0.15, 0.2) is 0 Å². The van der Waals surface area contributed by atoms with Crippen LogP contribution in [0.3, 0.4) is 0 Å². The van der Waals surface area contributed by atoms with Crippen LogP contribution in [0.1, 0.15) is 33.1 Å². The molecule has 2 unspecified atom stereocenters. The van der Waals surface area contributed by atoms with Gasteiger partial charge >= 0.3 is 0 Å². The minimum Gasteiger partial charge on any atom is -0.371 e. The molecule has 2 aliphatic heterocycles. The number of nitrogens with zero attached hydrogens (tertiary/aromatic N) is 1. The minimum atomic E-state index is -0.181. The zero-order valence-corrected chi connectivity index (χ0v) is 18.2. The molecule has 1 aromatic carbocycles. The van der Waals surface area contributed by atoms with Gasteiger partial charge in [0.25, 0.3) is 0 Å². The normalized spacial score (nSPS) is 18.1. The molecule has 2 fully saturated rings. The van der Waals surface area contributed by atoms with Crippen molar-refractivity contribution in [2.24, 2.45) is 11.8 Å². The van der Waals surface area contributed by atoms with Crippen LogP contribution in [0.2, 0.25) is 0 Å². The molecule has 158 valence electrons. The first-order valence-corrected chi connectivity index (χ1v) is 9.69. The highest BCUT2D eigenvalue weighted by molar-refractivity contribution is 5.92. The van der Waals surface area contributed by atoms with E-state index in [0.717, 1.165) is 37.6 Å². The SMILES string of the molecule is CC(CC(=O)Nc1cccc(N2CCCC2)c1)NC(=O)C(C)C1CNC1.Cl.Cl. The second kappa shape index (κ2) is 11.5. The highest BCUT2D eigenvalue weighted by Gasteiger charge is 2.29. The summed E-state index contributed by atoms with van der Waals surface area (Å²) in [7, 11) is 0. The molecule has 0 saturated carbocycles. The average Bonchev–Trinajstić information content (AvgIpc) is 3.07. The van der Waals surface area contributed by atoms with Gasteiger partial charge in [-0.25, -0.2) is 0 Å². The van der Waals surface area contributed by atoms with Crippen molar-refractivity contribution in [2.45, 2.75) is 39.2 Å². The van der Waals surface area contributed by atoms with E-state index in [1.165, 1.54) is 12.8 Å². The zero-order chi connectivity index (χ0) is 18.5. The third-order valence-corrected chi connectivity index (χ3v) is 5.42. The van der Waals surface area contributed by atoms with Crippen molar-refractivity contribution in [3.63, 3.8) is 0 Å². The maximum absolute atomic E-state index is 12.3. The van der Waals surface area contributed by atoms with Gasteiger partial charge in [-0.1, -0.05) is 13.0 Å². The number of carbonyl (C=O) groups excluding carboxylic acids is 2. The van der Waals surface area contributed by atoms with Crippen molar-refractivity contribution in [2.75, 3.05) is 36.4 Å². The number of rotatable bonds is 7. The summed E-state index contributed by atoms with van der Waals surface area (Å²) >= 11 is 0. The molecule has 6 nitrogen and oxygen atoms in total. The average molecular weight is 431 g/mol. The first-order valence-electron chi connectivity index (χ1n) is 9.69. The number of anilines is 2. The van der Waals surface area contributed by atoms with Crippen LogP contribution in [0.25, 0.3) is 0 Å². The van der Waals surface area contributed by atoms with Crippen LogP contribution < -0.4 is 20.9 Å². The molecule has 0 aromatic heterocycles. The number of hydrogen-bond acceptors (Lipinski definition) is 4. The summed E-state index contributed by atoms with van der Waals surface area (Å²) < 4.78 is 0. The third-order valence-electron chi connectivity index (χ3n) is 5.42. The summed E-state index contributed by atoms with van der Waals surface area (Å²) in [4.78, 5) is 26.9. The number of nitrogens with one attached hydrogen (secondary N) is 3. The summed E-state index contributed by atoms with van der Waals surface area (Å²) in [6.07, 6.45) is 2.72. The molecule has 2 saturated heterocycles. The summed E-state index contributed by atoms with van der Waals surface area (Å²) in [5, 5.41) is 9.11. The number of halogens is 2.